The number of anilines is 1. The molecule has 0 radical (unpaired) electrons. The van der Waals surface area contributed by atoms with Crippen LogP contribution in [0.1, 0.15) is 5.56 Å². The van der Waals surface area contributed by atoms with Crippen LogP contribution in [-0.4, -0.2) is 19.1 Å². The van der Waals surface area contributed by atoms with Crippen LogP contribution in [0.3, 0.4) is 0 Å². The van der Waals surface area contributed by atoms with Crippen molar-refractivity contribution < 1.29 is 9.53 Å². The number of para-hydroxylation sites is 1. The smallest absolute Gasteiger partial charge is 0.265 e. The Kier molecular flexibility index (Phi) is 5.61. The summed E-state index contributed by atoms with van der Waals surface area (Å²) in [5, 5.41) is 0.494. The van der Waals surface area contributed by atoms with Crippen molar-refractivity contribution in [3.05, 3.63) is 71.8 Å². The fourth-order valence-corrected chi connectivity index (χ4v) is 2.20. The van der Waals surface area contributed by atoms with E-state index in [-0.39, 0.29) is 12.5 Å². The van der Waals surface area contributed by atoms with E-state index in [9.17, 15) is 4.79 Å². The molecule has 0 heterocycles. The number of rotatable bonds is 6. The van der Waals surface area contributed by atoms with E-state index < -0.39 is 0 Å². The van der Waals surface area contributed by atoms with Gasteiger partial charge in [0.2, 0.25) is 0 Å². The van der Waals surface area contributed by atoms with Gasteiger partial charge in [-0.15, -0.1) is 6.58 Å². The van der Waals surface area contributed by atoms with Crippen LogP contribution in [0.4, 0.5) is 5.69 Å². The molecule has 1 amide bonds. The Labute approximate surface area is 135 Å². The van der Waals surface area contributed by atoms with Crippen LogP contribution in [0, 0.1) is 6.92 Å². The molecule has 2 rings (SSSR count). The molecule has 0 N–H and O–H groups in total. The molecule has 2 aromatic rings. The first-order valence-electron chi connectivity index (χ1n) is 6.97. The second kappa shape index (κ2) is 7.66. The van der Waals surface area contributed by atoms with Gasteiger partial charge in [0.25, 0.3) is 5.91 Å². The van der Waals surface area contributed by atoms with Crippen molar-refractivity contribution in [3.8, 4) is 5.75 Å². The molecule has 0 atom stereocenters. The lowest BCUT2D eigenvalue weighted by atomic mass is 10.2. The minimum Gasteiger partial charge on any atom is -0.482 e. The van der Waals surface area contributed by atoms with Crippen LogP contribution in [0.5, 0.6) is 5.75 Å². The summed E-state index contributed by atoms with van der Waals surface area (Å²) in [7, 11) is 0. The summed E-state index contributed by atoms with van der Waals surface area (Å²) in [6, 6.07) is 14.9. The predicted molar refractivity (Wildman–Crippen MR) is 90.7 cm³/mol. The molecule has 3 nitrogen and oxygen atoms in total. The molecule has 4 heteroatoms. The summed E-state index contributed by atoms with van der Waals surface area (Å²) >= 11 is 6.07. The second-order valence-corrected chi connectivity index (χ2v) is 5.26. The lowest BCUT2D eigenvalue weighted by molar-refractivity contribution is -0.120. The largest absolute Gasteiger partial charge is 0.482 e. The maximum absolute atomic E-state index is 12.4. The summed E-state index contributed by atoms with van der Waals surface area (Å²) in [5.41, 5.74) is 1.84. The van der Waals surface area contributed by atoms with Gasteiger partial charge in [0.05, 0.1) is 5.02 Å². The monoisotopic (exact) mass is 315 g/mol. The first-order valence-corrected chi connectivity index (χ1v) is 7.35. The third-order valence-electron chi connectivity index (χ3n) is 3.12. The molecular formula is C18H18ClNO2. The third kappa shape index (κ3) is 4.12. The second-order valence-electron chi connectivity index (χ2n) is 4.85. The molecule has 0 saturated carbocycles. The number of hydrogen-bond acceptors (Lipinski definition) is 2. The molecule has 2 aromatic carbocycles. The van der Waals surface area contributed by atoms with Gasteiger partial charge in [-0.05, 0) is 36.8 Å². The maximum atomic E-state index is 12.4. The average Bonchev–Trinajstić information content (AvgIpc) is 2.54. The Morgan fingerprint density at radius 3 is 2.68 bits per heavy atom. The molecule has 0 aromatic heterocycles. The van der Waals surface area contributed by atoms with E-state index in [0.29, 0.717) is 17.3 Å². The number of halogens is 1. The summed E-state index contributed by atoms with van der Waals surface area (Å²) in [4.78, 5) is 14.0. The zero-order valence-corrected chi connectivity index (χ0v) is 13.2. The molecule has 0 fully saturated rings. The molecule has 0 aliphatic heterocycles. The third-order valence-corrected chi connectivity index (χ3v) is 3.43. The fourth-order valence-electron chi connectivity index (χ4n) is 2.03. The molecule has 114 valence electrons. The lowest BCUT2D eigenvalue weighted by Crippen LogP contribution is -2.35. The minimum atomic E-state index is -0.149. The van der Waals surface area contributed by atoms with E-state index in [1.54, 1.807) is 17.0 Å². The number of ether oxygens (including phenoxy) is 1. The number of carbonyl (C=O) groups excluding carboxylic acids is 1. The molecule has 0 spiro atoms. The Hall–Kier alpha value is -2.26. The summed E-state index contributed by atoms with van der Waals surface area (Å²) < 4.78 is 5.57. The highest BCUT2D eigenvalue weighted by atomic mass is 35.5. The summed E-state index contributed by atoms with van der Waals surface area (Å²) in [6.45, 7) is 5.99. The van der Waals surface area contributed by atoms with Gasteiger partial charge in [-0.2, -0.15) is 0 Å². The van der Waals surface area contributed by atoms with E-state index in [1.807, 2.05) is 49.4 Å². The van der Waals surface area contributed by atoms with E-state index in [4.69, 9.17) is 16.3 Å². The van der Waals surface area contributed by atoms with Gasteiger partial charge >= 0.3 is 0 Å². The van der Waals surface area contributed by atoms with Crippen molar-refractivity contribution in [2.24, 2.45) is 0 Å². The van der Waals surface area contributed by atoms with Crippen LogP contribution in [0.2, 0.25) is 5.02 Å². The van der Waals surface area contributed by atoms with Crippen molar-refractivity contribution in [2.75, 3.05) is 18.1 Å². The van der Waals surface area contributed by atoms with Gasteiger partial charge in [-0.25, -0.2) is 0 Å². The van der Waals surface area contributed by atoms with Gasteiger partial charge in [-0.3, -0.25) is 4.79 Å². The fraction of sp³-hybridized carbons (Fsp3) is 0.167. The normalized spacial score (nSPS) is 10.1. The van der Waals surface area contributed by atoms with E-state index >= 15 is 0 Å². The molecule has 0 bridgehead atoms. The van der Waals surface area contributed by atoms with E-state index in [1.165, 1.54) is 0 Å². The zero-order chi connectivity index (χ0) is 15.9. The van der Waals surface area contributed by atoms with Crippen LogP contribution in [0.15, 0.2) is 61.2 Å². The van der Waals surface area contributed by atoms with Gasteiger partial charge < -0.3 is 9.64 Å². The van der Waals surface area contributed by atoms with Crippen molar-refractivity contribution in [2.45, 2.75) is 6.92 Å². The Balaban J connectivity index is 2.09. The molecule has 0 unspecified atom stereocenters. The summed E-state index contributed by atoms with van der Waals surface area (Å²) in [6.07, 6.45) is 1.69. The highest BCUT2D eigenvalue weighted by Gasteiger charge is 2.15. The van der Waals surface area contributed by atoms with Crippen molar-refractivity contribution in [3.63, 3.8) is 0 Å². The average molecular weight is 316 g/mol. The Morgan fingerprint density at radius 2 is 2.00 bits per heavy atom. The number of nitrogens with zero attached hydrogens (tertiary/aromatic N) is 1. The zero-order valence-electron chi connectivity index (χ0n) is 12.5. The number of amides is 1. The van der Waals surface area contributed by atoms with Crippen LogP contribution < -0.4 is 9.64 Å². The SMILES string of the molecule is C=CCN(C(=O)COc1cc(C)ccc1Cl)c1ccccc1. The van der Waals surface area contributed by atoms with E-state index in [0.717, 1.165) is 11.3 Å². The first kappa shape index (κ1) is 16.1. The maximum Gasteiger partial charge on any atom is 0.265 e. The van der Waals surface area contributed by atoms with Crippen LogP contribution in [0.25, 0.3) is 0 Å². The van der Waals surface area contributed by atoms with Crippen molar-refractivity contribution in [1.29, 1.82) is 0 Å². The molecule has 0 aliphatic carbocycles. The molecule has 0 aliphatic rings. The van der Waals surface area contributed by atoms with Gasteiger partial charge in [0, 0.05) is 12.2 Å². The molecule has 22 heavy (non-hydrogen) atoms. The van der Waals surface area contributed by atoms with E-state index in [2.05, 4.69) is 6.58 Å². The van der Waals surface area contributed by atoms with Gasteiger partial charge in [0.1, 0.15) is 5.75 Å². The van der Waals surface area contributed by atoms with Gasteiger partial charge in [-0.1, -0.05) is 41.9 Å². The number of carbonyl (C=O) groups is 1. The number of hydrogen-bond donors (Lipinski definition) is 0. The number of aryl methyl sites for hydroxylation is 1. The van der Waals surface area contributed by atoms with Crippen molar-refractivity contribution in [1.82, 2.24) is 0 Å². The summed E-state index contributed by atoms with van der Waals surface area (Å²) in [5.74, 6) is 0.366. The minimum absolute atomic E-state index is 0.0775. The molecule has 0 saturated heterocycles. The topological polar surface area (TPSA) is 29.5 Å². The Morgan fingerprint density at radius 1 is 1.27 bits per heavy atom. The molecular weight excluding hydrogens is 298 g/mol. The van der Waals surface area contributed by atoms with Crippen LogP contribution >= 0.6 is 11.6 Å². The Bertz CT molecular complexity index is 655. The standard InChI is InChI=1S/C18H18ClNO2/c1-3-11-20(15-7-5-4-6-8-15)18(21)13-22-17-12-14(2)9-10-16(17)19/h3-10,12H,1,11,13H2,2H3. The first-order chi connectivity index (χ1) is 10.6. The van der Waals surface area contributed by atoms with Gasteiger partial charge in [0.15, 0.2) is 6.61 Å². The number of benzene rings is 2. The lowest BCUT2D eigenvalue weighted by Gasteiger charge is -2.21. The van der Waals surface area contributed by atoms with Crippen LogP contribution in [-0.2, 0) is 4.79 Å². The highest BCUT2D eigenvalue weighted by Crippen LogP contribution is 2.25. The quantitative estimate of drug-likeness (QED) is 0.746. The predicted octanol–water partition coefficient (Wildman–Crippen LogP) is 4.25. The van der Waals surface area contributed by atoms with Crippen molar-refractivity contribution >= 4 is 23.2 Å². The highest BCUT2D eigenvalue weighted by molar-refractivity contribution is 6.32.